The van der Waals surface area contributed by atoms with Crippen LogP contribution in [0.15, 0.2) is 60.7 Å². The van der Waals surface area contributed by atoms with E-state index in [1.54, 1.807) is 0 Å². The second kappa shape index (κ2) is 8.26. The fourth-order valence-corrected chi connectivity index (χ4v) is 2.80. The molecule has 2 unspecified atom stereocenters. The maximum Gasteiger partial charge on any atom is 0.223 e. The van der Waals surface area contributed by atoms with Gasteiger partial charge in [-0.05, 0) is 24.0 Å². The summed E-state index contributed by atoms with van der Waals surface area (Å²) in [5, 5.41) is 10.6. The van der Waals surface area contributed by atoms with Gasteiger partial charge in [-0.3, -0.25) is 9.59 Å². The summed E-state index contributed by atoms with van der Waals surface area (Å²) in [6.07, 6.45) is -0.716. The van der Waals surface area contributed by atoms with Crippen molar-refractivity contribution < 1.29 is 14.7 Å². The summed E-state index contributed by atoms with van der Waals surface area (Å²) in [5.74, 6) is -3.06. The first-order chi connectivity index (χ1) is 11.5. The minimum absolute atomic E-state index is 0.260. The summed E-state index contributed by atoms with van der Waals surface area (Å²) in [4.78, 5) is 23.7. The molecule has 0 saturated heterocycles. The number of benzene rings is 2. The second-order valence-corrected chi connectivity index (χ2v) is 5.89. The number of aliphatic hydroxyl groups excluding tert-OH is 1. The average Bonchev–Trinajstić information content (AvgIpc) is 2.58. The molecule has 2 aromatic rings. The summed E-state index contributed by atoms with van der Waals surface area (Å²) >= 11 is 0. The quantitative estimate of drug-likeness (QED) is 0.674. The van der Waals surface area contributed by atoms with Gasteiger partial charge in [-0.2, -0.15) is 0 Å². The van der Waals surface area contributed by atoms with E-state index in [4.69, 9.17) is 11.5 Å². The Balaban J connectivity index is 2.19. The third-order valence-corrected chi connectivity index (χ3v) is 4.15. The van der Waals surface area contributed by atoms with E-state index in [9.17, 15) is 14.7 Å². The Morgan fingerprint density at radius 1 is 0.750 bits per heavy atom. The Morgan fingerprint density at radius 3 is 1.38 bits per heavy atom. The van der Waals surface area contributed by atoms with Crippen molar-refractivity contribution in [2.24, 2.45) is 23.3 Å². The zero-order valence-corrected chi connectivity index (χ0v) is 13.3. The van der Waals surface area contributed by atoms with Crippen LogP contribution in [0.3, 0.4) is 0 Å². The highest BCUT2D eigenvalue weighted by Crippen LogP contribution is 2.22. The molecule has 0 heterocycles. The summed E-state index contributed by atoms with van der Waals surface area (Å²) < 4.78 is 0. The highest BCUT2D eigenvalue weighted by atomic mass is 16.3. The smallest absolute Gasteiger partial charge is 0.223 e. The predicted octanol–water partition coefficient (Wildman–Crippen LogP) is 1.04. The Kier molecular flexibility index (Phi) is 6.09. The normalized spacial score (nSPS) is 14.5. The number of rotatable bonds is 8. The monoisotopic (exact) mass is 326 g/mol. The lowest BCUT2D eigenvalue weighted by Gasteiger charge is -2.26. The standard InChI is InChI=1S/C19H22N2O3/c20-18(23)15(11-13-7-3-1-4-8-13)17(22)16(19(21)24)12-14-9-5-2-6-10-14/h1-10,15-17,22H,11-12H2,(H2,20,23)(H2,21,24). The van der Waals surface area contributed by atoms with Crippen molar-refractivity contribution in [3.8, 4) is 0 Å². The second-order valence-electron chi connectivity index (χ2n) is 5.89. The van der Waals surface area contributed by atoms with Crippen molar-refractivity contribution >= 4 is 11.8 Å². The van der Waals surface area contributed by atoms with Crippen molar-refractivity contribution in [1.82, 2.24) is 0 Å². The number of hydrogen-bond donors (Lipinski definition) is 3. The molecule has 2 atom stereocenters. The largest absolute Gasteiger partial charge is 0.391 e. The van der Waals surface area contributed by atoms with Gasteiger partial charge in [-0.15, -0.1) is 0 Å². The zero-order chi connectivity index (χ0) is 17.5. The molecule has 0 fully saturated rings. The number of hydrogen-bond acceptors (Lipinski definition) is 3. The van der Waals surface area contributed by atoms with Gasteiger partial charge in [0.2, 0.25) is 11.8 Å². The highest BCUT2D eigenvalue weighted by Gasteiger charge is 2.35. The number of primary amides is 2. The topological polar surface area (TPSA) is 106 Å². The molecule has 5 N–H and O–H groups in total. The molecule has 24 heavy (non-hydrogen) atoms. The van der Waals surface area contributed by atoms with Crippen LogP contribution in [-0.2, 0) is 22.4 Å². The fourth-order valence-electron chi connectivity index (χ4n) is 2.80. The lowest BCUT2D eigenvalue weighted by Crippen LogP contribution is -2.45. The Hall–Kier alpha value is -2.66. The Labute approximate surface area is 141 Å². The molecule has 0 aliphatic carbocycles. The number of nitrogens with two attached hydrogens (primary N) is 2. The van der Waals surface area contributed by atoms with Crippen LogP contribution < -0.4 is 11.5 Å². The van der Waals surface area contributed by atoms with Crippen LogP contribution in [0.25, 0.3) is 0 Å². The summed E-state index contributed by atoms with van der Waals surface area (Å²) in [5.41, 5.74) is 12.7. The molecule has 2 amide bonds. The first kappa shape index (κ1) is 17.7. The van der Waals surface area contributed by atoms with Crippen LogP contribution in [0.4, 0.5) is 0 Å². The molecule has 2 aromatic carbocycles. The van der Waals surface area contributed by atoms with Gasteiger partial charge in [-0.1, -0.05) is 60.7 Å². The van der Waals surface area contributed by atoms with Crippen LogP contribution in [0.2, 0.25) is 0 Å². The van der Waals surface area contributed by atoms with E-state index in [2.05, 4.69) is 0 Å². The average molecular weight is 326 g/mol. The minimum Gasteiger partial charge on any atom is -0.391 e. The number of amides is 2. The van der Waals surface area contributed by atoms with Crippen molar-refractivity contribution in [2.75, 3.05) is 0 Å². The fraction of sp³-hybridized carbons (Fsp3) is 0.263. The molecule has 126 valence electrons. The molecule has 0 aromatic heterocycles. The van der Waals surface area contributed by atoms with Gasteiger partial charge in [0, 0.05) is 0 Å². The maximum absolute atomic E-state index is 11.8. The van der Waals surface area contributed by atoms with Gasteiger partial charge in [0.1, 0.15) is 0 Å². The van der Waals surface area contributed by atoms with Crippen molar-refractivity contribution in [3.63, 3.8) is 0 Å². The van der Waals surface area contributed by atoms with Crippen molar-refractivity contribution in [2.45, 2.75) is 18.9 Å². The van der Waals surface area contributed by atoms with Crippen LogP contribution in [0, 0.1) is 11.8 Å². The van der Waals surface area contributed by atoms with Gasteiger partial charge in [-0.25, -0.2) is 0 Å². The zero-order valence-electron chi connectivity index (χ0n) is 13.3. The van der Waals surface area contributed by atoms with Gasteiger partial charge in [0.15, 0.2) is 0 Å². The van der Waals surface area contributed by atoms with E-state index < -0.39 is 29.8 Å². The summed E-state index contributed by atoms with van der Waals surface area (Å²) in [6.45, 7) is 0. The van der Waals surface area contributed by atoms with E-state index in [1.807, 2.05) is 60.7 Å². The molecule has 0 aliphatic heterocycles. The molecular weight excluding hydrogens is 304 g/mol. The summed E-state index contributed by atoms with van der Waals surface area (Å²) in [6, 6.07) is 18.5. The number of aliphatic hydroxyl groups is 1. The van der Waals surface area contributed by atoms with E-state index in [1.165, 1.54) is 0 Å². The van der Waals surface area contributed by atoms with E-state index in [0.717, 1.165) is 11.1 Å². The van der Waals surface area contributed by atoms with Crippen LogP contribution in [0.5, 0.6) is 0 Å². The Bertz CT molecular complexity index is 614. The van der Waals surface area contributed by atoms with Gasteiger partial charge in [0.25, 0.3) is 0 Å². The molecule has 5 nitrogen and oxygen atoms in total. The predicted molar refractivity (Wildman–Crippen MR) is 91.7 cm³/mol. The number of carbonyl (C=O) groups excluding carboxylic acids is 2. The van der Waals surface area contributed by atoms with Gasteiger partial charge >= 0.3 is 0 Å². The van der Waals surface area contributed by atoms with Crippen molar-refractivity contribution in [1.29, 1.82) is 0 Å². The van der Waals surface area contributed by atoms with E-state index >= 15 is 0 Å². The van der Waals surface area contributed by atoms with Crippen LogP contribution in [0.1, 0.15) is 11.1 Å². The maximum atomic E-state index is 11.8. The highest BCUT2D eigenvalue weighted by molar-refractivity contribution is 5.81. The number of carbonyl (C=O) groups is 2. The minimum atomic E-state index is -1.24. The molecule has 0 saturated carbocycles. The van der Waals surface area contributed by atoms with Crippen molar-refractivity contribution in [3.05, 3.63) is 71.8 Å². The first-order valence-corrected chi connectivity index (χ1v) is 7.83. The van der Waals surface area contributed by atoms with Crippen LogP contribution in [-0.4, -0.2) is 23.0 Å². The van der Waals surface area contributed by atoms with Gasteiger partial charge < -0.3 is 16.6 Å². The molecule has 5 heteroatoms. The van der Waals surface area contributed by atoms with E-state index in [-0.39, 0.29) is 12.8 Å². The molecule has 0 bridgehead atoms. The molecule has 2 rings (SSSR count). The van der Waals surface area contributed by atoms with E-state index in [0.29, 0.717) is 0 Å². The SMILES string of the molecule is NC(=O)C(Cc1ccccc1)C(O)C(Cc1ccccc1)C(N)=O. The molecule has 0 aliphatic rings. The third-order valence-electron chi connectivity index (χ3n) is 4.15. The van der Waals surface area contributed by atoms with Gasteiger partial charge in [0.05, 0.1) is 17.9 Å². The lowest BCUT2D eigenvalue weighted by molar-refractivity contribution is -0.132. The molecular formula is C19H22N2O3. The third kappa shape index (κ3) is 4.67. The molecule has 0 spiro atoms. The molecule has 0 radical (unpaired) electrons. The summed E-state index contributed by atoms with van der Waals surface area (Å²) in [7, 11) is 0. The van der Waals surface area contributed by atoms with Crippen LogP contribution >= 0.6 is 0 Å². The first-order valence-electron chi connectivity index (χ1n) is 7.83. The lowest BCUT2D eigenvalue weighted by atomic mass is 9.82. The Morgan fingerprint density at radius 2 is 1.08 bits per heavy atom.